The lowest BCUT2D eigenvalue weighted by Crippen LogP contribution is -2.51. The van der Waals surface area contributed by atoms with E-state index < -0.39 is 5.60 Å². The zero-order valence-electron chi connectivity index (χ0n) is 19.6. The lowest BCUT2D eigenvalue weighted by atomic mass is 9.72. The van der Waals surface area contributed by atoms with Crippen molar-refractivity contribution in [3.63, 3.8) is 0 Å². The molecular formula is C28H37ClN2O2. The maximum absolute atomic E-state index is 11.6. The van der Waals surface area contributed by atoms with Gasteiger partial charge >= 0.3 is 0 Å². The van der Waals surface area contributed by atoms with E-state index in [0.717, 1.165) is 81.3 Å². The summed E-state index contributed by atoms with van der Waals surface area (Å²) in [4.78, 5) is 4.99. The fourth-order valence-electron chi connectivity index (χ4n) is 5.34. The topological polar surface area (TPSA) is 35.9 Å². The van der Waals surface area contributed by atoms with Crippen LogP contribution in [0.25, 0.3) is 6.08 Å². The maximum Gasteiger partial charge on any atom is 0.126 e. The van der Waals surface area contributed by atoms with Gasteiger partial charge in [0.1, 0.15) is 12.4 Å². The second kappa shape index (κ2) is 11.5. The molecule has 1 atom stereocenters. The van der Waals surface area contributed by atoms with Crippen LogP contribution < -0.4 is 4.74 Å². The fourth-order valence-corrected chi connectivity index (χ4v) is 5.54. The summed E-state index contributed by atoms with van der Waals surface area (Å²) in [7, 11) is 0. The van der Waals surface area contributed by atoms with Gasteiger partial charge in [-0.2, -0.15) is 0 Å². The first-order valence-electron chi connectivity index (χ1n) is 12.3. The summed E-state index contributed by atoms with van der Waals surface area (Å²) < 4.78 is 6.01. The quantitative estimate of drug-likeness (QED) is 0.530. The van der Waals surface area contributed by atoms with Crippen molar-refractivity contribution in [1.29, 1.82) is 0 Å². The Morgan fingerprint density at radius 3 is 2.45 bits per heavy atom. The molecule has 2 aromatic carbocycles. The van der Waals surface area contributed by atoms with Gasteiger partial charge in [-0.15, -0.1) is 0 Å². The molecule has 4 rings (SSSR count). The monoisotopic (exact) mass is 468 g/mol. The molecule has 0 bridgehead atoms. The third-order valence-corrected chi connectivity index (χ3v) is 7.56. The highest BCUT2D eigenvalue weighted by Crippen LogP contribution is 2.41. The molecule has 33 heavy (non-hydrogen) atoms. The van der Waals surface area contributed by atoms with Crippen molar-refractivity contribution in [2.24, 2.45) is 0 Å². The number of rotatable bonds is 9. The van der Waals surface area contributed by atoms with Crippen LogP contribution in [-0.2, 0) is 0 Å². The number of piperazine rings is 1. The Hall–Kier alpha value is -1.85. The zero-order valence-corrected chi connectivity index (χ0v) is 20.3. The summed E-state index contributed by atoms with van der Waals surface area (Å²) in [5.41, 5.74) is 1.57. The van der Waals surface area contributed by atoms with Crippen molar-refractivity contribution in [3.8, 4) is 5.75 Å². The molecule has 2 aromatic rings. The number of aliphatic hydroxyl groups is 1. The molecule has 0 amide bonds. The molecule has 1 heterocycles. The third kappa shape index (κ3) is 6.39. The predicted octanol–water partition coefficient (Wildman–Crippen LogP) is 5.46. The number of benzene rings is 2. The summed E-state index contributed by atoms with van der Waals surface area (Å²) in [6.07, 6.45) is 7.04. The van der Waals surface area contributed by atoms with Crippen molar-refractivity contribution in [3.05, 3.63) is 71.3 Å². The molecule has 5 heteroatoms. The Morgan fingerprint density at radius 2 is 1.73 bits per heavy atom. The molecule has 0 spiro atoms. The van der Waals surface area contributed by atoms with E-state index in [4.69, 9.17) is 16.3 Å². The van der Waals surface area contributed by atoms with Crippen molar-refractivity contribution in [1.82, 2.24) is 9.80 Å². The highest BCUT2D eigenvalue weighted by Gasteiger charge is 2.40. The molecule has 178 valence electrons. The van der Waals surface area contributed by atoms with E-state index in [-0.39, 0.29) is 5.92 Å². The standard InChI is InChI=1S/C28H37ClN2O2/c1-2-23-9-4-5-12-27(23)33-20-19-30-15-17-31(18-16-30)22-26(24-10-8-11-25(29)21-24)28(32)13-6-3-7-14-28/h2,4-5,8-12,21,26,32H,1,3,6-7,13-20,22H2. The van der Waals surface area contributed by atoms with Gasteiger partial charge in [-0.05, 0) is 36.6 Å². The molecule has 1 N–H and O–H groups in total. The van der Waals surface area contributed by atoms with Crippen molar-refractivity contribution in [2.75, 3.05) is 45.9 Å². The molecule has 1 saturated heterocycles. The average Bonchev–Trinajstić information content (AvgIpc) is 2.84. The Balaban J connectivity index is 1.31. The summed E-state index contributed by atoms with van der Waals surface area (Å²) in [5.74, 6) is 0.998. The number of halogens is 1. The second-order valence-electron chi connectivity index (χ2n) is 9.50. The van der Waals surface area contributed by atoms with Gasteiger partial charge in [0.05, 0.1) is 5.60 Å². The predicted molar refractivity (Wildman–Crippen MR) is 137 cm³/mol. The largest absolute Gasteiger partial charge is 0.492 e. The molecule has 4 nitrogen and oxygen atoms in total. The van der Waals surface area contributed by atoms with Gasteiger partial charge in [0.15, 0.2) is 0 Å². The molecule has 2 aliphatic rings. The summed E-state index contributed by atoms with van der Waals surface area (Å²) >= 11 is 6.33. The number of hydrogen-bond acceptors (Lipinski definition) is 4. The van der Waals surface area contributed by atoms with Crippen LogP contribution in [0.3, 0.4) is 0 Å². The van der Waals surface area contributed by atoms with E-state index in [2.05, 4.69) is 22.4 Å². The Kier molecular flexibility index (Phi) is 8.48. The summed E-state index contributed by atoms with van der Waals surface area (Å²) in [6.45, 7) is 10.4. The molecule has 0 radical (unpaired) electrons. The molecule has 1 aliphatic heterocycles. The summed E-state index contributed by atoms with van der Waals surface area (Å²) in [6, 6.07) is 16.1. The minimum absolute atomic E-state index is 0.0989. The van der Waals surface area contributed by atoms with Crippen LogP contribution in [0, 0.1) is 0 Å². The normalized spacial score (nSPS) is 20.3. The molecule has 2 fully saturated rings. The van der Waals surface area contributed by atoms with Gasteiger partial charge < -0.3 is 14.7 Å². The van der Waals surface area contributed by atoms with Gasteiger partial charge in [-0.1, -0.05) is 73.9 Å². The van der Waals surface area contributed by atoms with Crippen LogP contribution in [0.5, 0.6) is 5.75 Å². The van der Waals surface area contributed by atoms with E-state index >= 15 is 0 Å². The number of para-hydroxylation sites is 1. The van der Waals surface area contributed by atoms with Crippen LogP contribution in [0.1, 0.15) is 49.1 Å². The number of hydrogen-bond donors (Lipinski definition) is 1. The second-order valence-corrected chi connectivity index (χ2v) is 9.94. The van der Waals surface area contributed by atoms with Gasteiger partial charge in [-0.25, -0.2) is 0 Å². The Bertz CT molecular complexity index is 904. The third-order valence-electron chi connectivity index (χ3n) is 7.33. The molecule has 1 aliphatic carbocycles. The van der Waals surface area contributed by atoms with Crippen LogP contribution in [0.2, 0.25) is 5.02 Å². The van der Waals surface area contributed by atoms with Crippen molar-refractivity contribution < 1.29 is 9.84 Å². The minimum atomic E-state index is -0.632. The Labute approximate surface area is 203 Å². The van der Waals surface area contributed by atoms with E-state index in [1.165, 1.54) is 12.0 Å². The minimum Gasteiger partial charge on any atom is -0.492 e. The zero-order chi connectivity index (χ0) is 23.1. The molecule has 1 saturated carbocycles. The fraction of sp³-hybridized carbons (Fsp3) is 0.500. The summed E-state index contributed by atoms with van der Waals surface area (Å²) in [5, 5.41) is 12.4. The SMILES string of the molecule is C=Cc1ccccc1OCCN1CCN(CC(c2cccc(Cl)c2)C2(O)CCCCC2)CC1. The van der Waals surface area contributed by atoms with Crippen LogP contribution >= 0.6 is 11.6 Å². The van der Waals surface area contributed by atoms with Crippen LogP contribution in [0.15, 0.2) is 55.1 Å². The first-order valence-corrected chi connectivity index (χ1v) is 12.7. The molecule has 0 aromatic heterocycles. The molecular weight excluding hydrogens is 432 g/mol. The van der Waals surface area contributed by atoms with Crippen molar-refractivity contribution in [2.45, 2.75) is 43.6 Å². The van der Waals surface area contributed by atoms with Gasteiger partial charge in [-0.3, -0.25) is 4.90 Å². The number of nitrogens with zero attached hydrogens (tertiary/aromatic N) is 2. The van der Waals surface area contributed by atoms with Gasteiger partial charge in [0, 0.05) is 55.8 Å². The average molecular weight is 469 g/mol. The smallest absolute Gasteiger partial charge is 0.126 e. The van der Waals surface area contributed by atoms with Gasteiger partial charge in [0.25, 0.3) is 0 Å². The Morgan fingerprint density at radius 1 is 1.00 bits per heavy atom. The van der Waals surface area contributed by atoms with Gasteiger partial charge in [0.2, 0.25) is 0 Å². The van der Waals surface area contributed by atoms with Crippen LogP contribution in [0.4, 0.5) is 0 Å². The lowest BCUT2D eigenvalue weighted by molar-refractivity contribution is -0.0344. The highest BCUT2D eigenvalue weighted by atomic mass is 35.5. The van der Waals surface area contributed by atoms with E-state index in [1.807, 2.05) is 48.5 Å². The first-order chi connectivity index (χ1) is 16.1. The maximum atomic E-state index is 11.6. The van der Waals surface area contributed by atoms with E-state index in [0.29, 0.717) is 6.61 Å². The lowest BCUT2D eigenvalue weighted by Gasteiger charge is -2.43. The van der Waals surface area contributed by atoms with E-state index in [9.17, 15) is 5.11 Å². The van der Waals surface area contributed by atoms with E-state index in [1.54, 1.807) is 0 Å². The van der Waals surface area contributed by atoms with Crippen molar-refractivity contribution >= 4 is 17.7 Å². The first kappa shape index (κ1) is 24.3. The highest BCUT2D eigenvalue weighted by molar-refractivity contribution is 6.30. The molecule has 1 unspecified atom stereocenters. The number of ether oxygens (including phenoxy) is 1. The van der Waals surface area contributed by atoms with Crippen LogP contribution in [-0.4, -0.2) is 66.4 Å².